The number of thiocarbonyl (C=S) groups is 1. The number of carbonyl (C=O) groups is 1. The van der Waals surface area contributed by atoms with E-state index in [0.717, 1.165) is 38.5 Å². The number of hydrogen-bond donors (Lipinski definition) is 2. The van der Waals surface area contributed by atoms with Crippen LogP contribution in [0.5, 0.6) is 0 Å². The van der Waals surface area contributed by atoms with Gasteiger partial charge in [-0.25, -0.2) is 0 Å². The van der Waals surface area contributed by atoms with Crippen LogP contribution in [0.25, 0.3) is 5.69 Å². The first-order valence-electron chi connectivity index (χ1n) is 11.8. The van der Waals surface area contributed by atoms with Gasteiger partial charge in [-0.2, -0.15) is 0 Å². The molecule has 1 aliphatic heterocycles. The predicted molar refractivity (Wildman–Crippen MR) is 152 cm³/mol. The molecule has 0 spiro atoms. The van der Waals surface area contributed by atoms with Crippen LogP contribution in [0.15, 0.2) is 89.7 Å². The third-order valence-electron chi connectivity index (χ3n) is 6.37. The Bertz CT molecular complexity index is 1400. The number of pyridine rings is 1. The van der Waals surface area contributed by atoms with Gasteiger partial charge in [0.05, 0.1) is 11.7 Å². The standard InChI is InChI=1S/C28H26BrN5OS/c1-3-25(35)31-22-14-13-21(17-18(22)2)34-27(26(32-28(34)36)23-7-4-5-15-30-23)24-8-6-16-33(24)20-11-9-19(29)10-12-20/h4-17,26-27H,3H2,1-2H3,(H,31,35)(H,32,36)/t26-,27-/m1/s1. The molecule has 3 heterocycles. The second-order valence-corrected chi connectivity index (χ2v) is 9.98. The summed E-state index contributed by atoms with van der Waals surface area (Å²) < 4.78 is 3.22. The van der Waals surface area contributed by atoms with Gasteiger partial charge in [0.15, 0.2) is 5.11 Å². The maximum absolute atomic E-state index is 12.0. The Kier molecular flexibility index (Phi) is 6.89. The molecule has 2 aromatic carbocycles. The van der Waals surface area contributed by atoms with Gasteiger partial charge < -0.3 is 20.1 Å². The van der Waals surface area contributed by atoms with Crippen LogP contribution in [0.4, 0.5) is 11.4 Å². The Morgan fingerprint density at radius 1 is 1.08 bits per heavy atom. The molecule has 0 radical (unpaired) electrons. The zero-order valence-corrected chi connectivity index (χ0v) is 22.4. The maximum Gasteiger partial charge on any atom is 0.224 e. The summed E-state index contributed by atoms with van der Waals surface area (Å²) in [7, 11) is 0. The van der Waals surface area contributed by atoms with Gasteiger partial charge in [-0.1, -0.05) is 28.9 Å². The smallest absolute Gasteiger partial charge is 0.224 e. The SMILES string of the molecule is CCC(=O)Nc1ccc(N2C(=S)N[C@H](c3ccccn3)[C@H]2c2cccn2-c2ccc(Br)cc2)cc1C. The molecule has 1 amide bonds. The van der Waals surface area contributed by atoms with Gasteiger partial charge >= 0.3 is 0 Å². The first-order valence-corrected chi connectivity index (χ1v) is 13.0. The highest BCUT2D eigenvalue weighted by Crippen LogP contribution is 2.43. The third kappa shape index (κ3) is 4.66. The lowest BCUT2D eigenvalue weighted by Crippen LogP contribution is -2.30. The van der Waals surface area contributed by atoms with Crippen LogP contribution in [-0.4, -0.2) is 20.6 Å². The molecule has 4 aromatic rings. The molecule has 6 nitrogen and oxygen atoms in total. The molecular weight excluding hydrogens is 534 g/mol. The molecule has 2 aromatic heterocycles. The summed E-state index contributed by atoms with van der Waals surface area (Å²) in [5.74, 6) is -0.00960. The van der Waals surface area contributed by atoms with E-state index < -0.39 is 0 Å². The van der Waals surface area contributed by atoms with Crippen LogP contribution in [0.3, 0.4) is 0 Å². The summed E-state index contributed by atoms with van der Waals surface area (Å²) in [6, 6.07) is 24.1. The van der Waals surface area contributed by atoms with E-state index in [4.69, 9.17) is 12.2 Å². The van der Waals surface area contributed by atoms with Crippen molar-refractivity contribution in [3.05, 3.63) is 107 Å². The zero-order chi connectivity index (χ0) is 25.2. The first kappa shape index (κ1) is 24.2. The van der Waals surface area contributed by atoms with E-state index in [1.54, 1.807) is 0 Å². The topological polar surface area (TPSA) is 62.2 Å². The fourth-order valence-electron chi connectivity index (χ4n) is 4.58. The van der Waals surface area contributed by atoms with Crippen molar-refractivity contribution in [3.8, 4) is 5.69 Å². The molecule has 1 fully saturated rings. The van der Waals surface area contributed by atoms with Crippen molar-refractivity contribution < 1.29 is 4.79 Å². The van der Waals surface area contributed by atoms with Gasteiger partial charge in [0.1, 0.15) is 6.04 Å². The summed E-state index contributed by atoms with van der Waals surface area (Å²) in [4.78, 5) is 18.8. The molecule has 5 rings (SSSR count). The molecule has 0 saturated carbocycles. The molecule has 0 bridgehead atoms. The molecule has 2 atom stereocenters. The van der Waals surface area contributed by atoms with Gasteiger partial charge in [-0.05, 0) is 91.4 Å². The zero-order valence-electron chi connectivity index (χ0n) is 20.0. The van der Waals surface area contributed by atoms with Crippen molar-refractivity contribution in [1.82, 2.24) is 14.9 Å². The number of carbonyl (C=O) groups excluding carboxylic acids is 1. The van der Waals surface area contributed by atoms with Gasteiger partial charge in [0.25, 0.3) is 0 Å². The highest BCUT2D eigenvalue weighted by Gasteiger charge is 2.42. The number of halogens is 1. The third-order valence-corrected chi connectivity index (χ3v) is 7.21. The quantitative estimate of drug-likeness (QED) is 0.265. The summed E-state index contributed by atoms with van der Waals surface area (Å²) in [5.41, 5.74) is 5.79. The monoisotopic (exact) mass is 559 g/mol. The van der Waals surface area contributed by atoms with E-state index in [-0.39, 0.29) is 18.0 Å². The van der Waals surface area contributed by atoms with E-state index in [9.17, 15) is 4.79 Å². The van der Waals surface area contributed by atoms with Crippen molar-refractivity contribution in [3.63, 3.8) is 0 Å². The molecule has 182 valence electrons. The van der Waals surface area contributed by atoms with Crippen molar-refractivity contribution in [2.75, 3.05) is 10.2 Å². The molecule has 8 heteroatoms. The predicted octanol–water partition coefficient (Wildman–Crippen LogP) is 6.47. The van der Waals surface area contributed by atoms with E-state index in [0.29, 0.717) is 11.5 Å². The molecule has 36 heavy (non-hydrogen) atoms. The summed E-state index contributed by atoms with van der Waals surface area (Å²) in [6.07, 6.45) is 4.31. The number of benzene rings is 2. The van der Waals surface area contributed by atoms with Gasteiger partial charge in [0.2, 0.25) is 5.91 Å². The average Bonchev–Trinajstić information content (AvgIpc) is 3.50. The summed E-state index contributed by atoms with van der Waals surface area (Å²) in [6.45, 7) is 3.84. The Morgan fingerprint density at radius 3 is 2.56 bits per heavy atom. The largest absolute Gasteiger partial charge is 0.351 e. The lowest BCUT2D eigenvalue weighted by atomic mass is 10.00. The molecule has 0 aliphatic carbocycles. The van der Waals surface area contributed by atoms with Crippen LogP contribution >= 0.6 is 28.1 Å². The number of hydrogen-bond acceptors (Lipinski definition) is 3. The number of aromatic nitrogens is 2. The maximum atomic E-state index is 12.0. The van der Waals surface area contributed by atoms with Gasteiger partial charge in [-0.3, -0.25) is 9.78 Å². The molecular formula is C28H26BrN5OS. The van der Waals surface area contributed by atoms with Crippen LogP contribution < -0.4 is 15.5 Å². The summed E-state index contributed by atoms with van der Waals surface area (Å²) >= 11 is 9.43. The second-order valence-electron chi connectivity index (χ2n) is 8.68. The van der Waals surface area contributed by atoms with E-state index >= 15 is 0 Å². The average molecular weight is 561 g/mol. The highest BCUT2D eigenvalue weighted by molar-refractivity contribution is 9.10. The van der Waals surface area contributed by atoms with E-state index in [1.807, 2.05) is 62.5 Å². The lowest BCUT2D eigenvalue weighted by molar-refractivity contribution is -0.115. The van der Waals surface area contributed by atoms with Crippen molar-refractivity contribution in [2.45, 2.75) is 32.4 Å². The van der Waals surface area contributed by atoms with Crippen LogP contribution in [0.1, 0.15) is 42.4 Å². The number of amides is 1. The van der Waals surface area contributed by atoms with Crippen molar-refractivity contribution in [2.24, 2.45) is 0 Å². The van der Waals surface area contributed by atoms with Crippen LogP contribution in [-0.2, 0) is 4.79 Å². The molecule has 1 saturated heterocycles. The molecule has 2 N–H and O–H groups in total. The molecule has 1 aliphatic rings. The number of aryl methyl sites for hydroxylation is 1. The molecule has 0 unspecified atom stereocenters. The Hall–Kier alpha value is -3.49. The fourth-order valence-corrected chi connectivity index (χ4v) is 5.19. The van der Waals surface area contributed by atoms with Gasteiger partial charge in [0, 0.05) is 46.0 Å². The van der Waals surface area contributed by atoms with Crippen molar-refractivity contribution in [1.29, 1.82) is 0 Å². The normalized spacial score (nSPS) is 17.2. The minimum Gasteiger partial charge on any atom is -0.351 e. The van der Waals surface area contributed by atoms with Crippen LogP contribution in [0.2, 0.25) is 0 Å². The minimum absolute atomic E-state index is 0.00960. The number of anilines is 2. The first-order chi connectivity index (χ1) is 17.5. The number of nitrogens with one attached hydrogen (secondary N) is 2. The Morgan fingerprint density at radius 2 is 1.86 bits per heavy atom. The van der Waals surface area contributed by atoms with E-state index in [1.165, 1.54) is 0 Å². The minimum atomic E-state index is -0.151. The number of rotatable bonds is 6. The Balaban J connectivity index is 1.61. The van der Waals surface area contributed by atoms with E-state index in [2.05, 4.69) is 77.5 Å². The number of nitrogens with zero attached hydrogens (tertiary/aromatic N) is 3. The van der Waals surface area contributed by atoms with Crippen molar-refractivity contribution >= 4 is 50.5 Å². The second kappa shape index (κ2) is 10.2. The Labute approximate surface area is 224 Å². The van der Waals surface area contributed by atoms with Gasteiger partial charge in [-0.15, -0.1) is 0 Å². The van der Waals surface area contributed by atoms with Crippen LogP contribution in [0, 0.1) is 6.92 Å². The highest BCUT2D eigenvalue weighted by atomic mass is 79.9. The fraction of sp³-hybridized carbons (Fsp3) is 0.179. The lowest BCUT2D eigenvalue weighted by Gasteiger charge is -2.29. The summed E-state index contributed by atoms with van der Waals surface area (Å²) in [5, 5.41) is 7.13.